The number of amides is 1. The molecular formula is C22H17ClF2N2O4S. The molecule has 4 rings (SSSR count). The minimum atomic E-state index is -4.04. The summed E-state index contributed by atoms with van der Waals surface area (Å²) in [6.07, 6.45) is 0.564. The Morgan fingerprint density at radius 1 is 1.06 bits per heavy atom. The number of rotatable bonds is 6. The van der Waals surface area contributed by atoms with Crippen LogP contribution in [0.25, 0.3) is 0 Å². The fourth-order valence-corrected chi connectivity index (χ4v) is 5.49. The first-order chi connectivity index (χ1) is 15.3. The van der Waals surface area contributed by atoms with Crippen LogP contribution in [0.1, 0.15) is 15.9 Å². The number of nitrogens with zero attached hydrogens (tertiary/aromatic N) is 1. The summed E-state index contributed by atoms with van der Waals surface area (Å²) in [6, 6.07) is 16.7. The lowest BCUT2D eigenvalue weighted by Gasteiger charge is -2.20. The van der Waals surface area contributed by atoms with Gasteiger partial charge in [0.15, 0.2) is 0 Å². The average molecular weight is 479 g/mol. The third-order valence-corrected chi connectivity index (χ3v) is 7.25. The fraction of sp³-hybridized carbons (Fsp3) is 0.136. The molecule has 0 saturated carbocycles. The second-order valence-corrected chi connectivity index (χ2v) is 9.17. The number of anilines is 2. The Labute approximate surface area is 188 Å². The Bertz CT molecular complexity index is 1280. The Hall–Kier alpha value is -3.17. The number of benzene rings is 3. The number of carbonyl (C=O) groups is 1. The maximum Gasteiger partial charge on any atom is 0.387 e. The Morgan fingerprint density at radius 3 is 2.56 bits per heavy atom. The number of fused-ring (bicyclic) bond motifs is 1. The van der Waals surface area contributed by atoms with Crippen LogP contribution in [0.3, 0.4) is 0 Å². The van der Waals surface area contributed by atoms with E-state index in [0.29, 0.717) is 12.1 Å². The van der Waals surface area contributed by atoms with Crippen molar-refractivity contribution in [1.82, 2.24) is 0 Å². The first kappa shape index (κ1) is 22.0. The van der Waals surface area contributed by atoms with E-state index in [0.717, 1.165) is 5.56 Å². The molecule has 3 aromatic carbocycles. The molecule has 0 aliphatic carbocycles. The smallest absolute Gasteiger partial charge is 0.387 e. The van der Waals surface area contributed by atoms with Crippen molar-refractivity contribution in [1.29, 1.82) is 0 Å². The molecule has 1 amide bonds. The molecule has 1 N–H and O–H groups in total. The lowest BCUT2D eigenvalue weighted by Crippen LogP contribution is -2.29. The van der Waals surface area contributed by atoms with Gasteiger partial charge in [-0.25, -0.2) is 8.42 Å². The molecule has 166 valence electrons. The minimum Gasteiger partial charge on any atom is -0.433 e. The molecule has 0 fully saturated rings. The quantitative estimate of drug-likeness (QED) is 0.544. The highest BCUT2D eigenvalue weighted by atomic mass is 35.5. The molecule has 0 spiro atoms. The van der Waals surface area contributed by atoms with Crippen molar-refractivity contribution in [3.63, 3.8) is 0 Å². The van der Waals surface area contributed by atoms with Gasteiger partial charge in [0.1, 0.15) is 10.6 Å². The van der Waals surface area contributed by atoms with Gasteiger partial charge in [-0.05, 0) is 48.4 Å². The van der Waals surface area contributed by atoms with Crippen LogP contribution in [-0.2, 0) is 16.4 Å². The normalized spacial score (nSPS) is 13.2. The van der Waals surface area contributed by atoms with Crippen molar-refractivity contribution in [3.05, 3.63) is 82.9 Å². The highest BCUT2D eigenvalue weighted by molar-refractivity contribution is 7.93. The number of nitrogens with one attached hydrogen (secondary N) is 1. The third kappa shape index (κ3) is 4.26. The van der Waals surface area contributed by atoms with Gasteiger partial charge in [-0.2, -0.15) is 8.78 Å². The lowest BCUT2D eigenvalue weighted by atomic mass is 10.2. The van der Waals surface area contributed by atoms with E-state index in [9.17, 15) is 22.0 Å². The molecule has 6 nitrogen and oxygen atoms in total. The highest BCUT2D eigenvalue weighted by Crippen LogP contribution is 2.35. The number of para-hydroxylation sites is 3. The van der Waals surface area contributed by atoms with Crippen LogP contribution in [0.2, 0.25) is 5.02 Å². The van der Waals surface area contributed by atoms with Crippen LogP contribution in [-0.4, -0.2) is 27.5 Å². The van der Waals surface area contributed by atoms with Gasteiger partial charge in [0.2, 0.25) is 0 Å². The summed E-state index contributed by atoms with van der Waals surface area (Å²) < 4.78 is 57.6. The summed E-state index contributed by atoms with van der Waals surface area (Å²) in [4.78, 5) is 12.5. The molecule has 1 heterocycles. The number of alkyl halides is 2. The second kappa shape index (κ2) is 8.76. The monoisotopic (exact) mass is 478 g/mol. The molecule has 0 radical (unpaired) electrons. The fourth-order valence-electron chi connectivity index (χ4n) is 3.48. The van der Waals surface area contributed by atoms with E-state index < -0.39 is 22.5 Å². The van der Waals surface area contributed by atoms with Crippen molar-refractivity contribution >= 4 is 38.9 Å². The third-order valence-electron chi connectivity index (χ3n) is 4.96. The largest absolute Gasteiger partial charge is 0.433 e. The van der Waals surface area contributed by atoms with Crippen LogP contribution in [0.4, 0.5) is 20.2 Å². The molecular weight excluding hydrogens is 462 g/mol. The first-order valence-electron chi connectivity index (χ1n) is 9.53. The van der Waals surface area contributed by atoms with E-state index in [1.807, 2.05) is 12.1 Å². The van der Waals surface area contributed by atoms with Crippen LogP contribution in [0, 0.1) is 0 Å². The maximum absolute atomic E-state index is 13.3. The number of ether oxygens (including phenoxy) is 1. The number of carbonyl (C=O) groups excluding carboxylic acids is 1. The zero-order valence-electron chi connectivity index (χ0n) is 16.5. The summed E-state index contributed by atoms with van der Waals surface area (Å²) in [6.45, 7) is -2.81. The SMILES string of the molecule is O=C(Nc1ccccc1OC(F)F)c1ccc(Cl)c(S(=O)(=O)N2CCc3ccccc32)c1. The standard InChI is InChI=1S/C22H17ClF2N2O4S/c23-16-10-9-15(21(28)26-17-6-2-4-8-19(17)31-22(24)25)13-20(16)32(29,30)27-12-11-14-5-1-3-7-18(14)27/h1-10,13,22H,11-12H2,(H,26,28). The minimum absolute atomic E-state index is 0.00712. The van der Waals surface area contributed by atoms with Crippen LogP contribution in [0.5, 0.6) is 5.75 Å². The Balaban J connectivity index is 1.65. The molecule has 0 bridgehead atoms. The molecule has 10 heteroatoms. The van der Waals surface area contributed by atoms with Crippen molar-refractivity contribution in [2.24, 2.45) is 0 Å². The van der Waals surface area contributed by atoms with E-state index in [4.69, 9.17) is 11.6 Å². The molecule has 1 aliphatic rings. The van der Waals surface area contributed by atoms with Gasteiger partial charge in [-0.3, -0.25) is 9.10 Å². The van der Waals surface area contributed by atoms with Crippen molar-refractivity contribution in [3.8, 4) is 5.75 Å². The molecule has 0 saturated heterocycles. The number of sulfonamides is 1. The van der Waals surface area contributed by atoms with Gasteiger partial charge >= 0.3 is 6.61 Å². The average Bonchev–Trinajstić information content (AvgIpc) is 3.20. The van der Waals surface area contributed by atoms with Crippen LogP contribution >= 0.6 is 11.6 Å². The zero-order valence-corrected chi connectivity index (χ0v) is 18.0. The van der Waals surface area contributed by atoms with Gasteiger partial charge in [0, 0.05) is 12.1 Å². The Morgan fingerprint density at radius 2 is 1.78 bits per heavy atom. The highest BCUT2D eigenvalue weighted by Gasteiger charge is 2.32. The summed E-state index contributed by atoms with van der Waals surface area (Å²) in [5.41, 5.74) is 1.48. The number of hydrogen-bond acceptors (Lipinski definition) is 4. The summed E-state index contributed by atoms with van der Waals surface area (Å²) in [5.74, 6) is -0.920. The number of halogens is 3. The van der Waals surface area contributed by atoms with Crippen molar-refractivity contribution in [2.45, 2.75) is 17.9 Å². The molecule has 32 heavy (non-hydrogen) atoms. The van der Waals surface area contributed by atoms with Crippen molar-refractivity contribution in [2.75, 3.05) is 16.2 Å². The molecule has 0 unspecified atom stereocenters. The van der Waals surface area contributed by atoms with E-state index >= 15 is 0 Å². The predicted molar refractivity (Wildman–Crippen MR) is 117 cm³/mol. The van der Waals surface area contributed by atoms with Gasteiger partial charge in [0.25, 0.3) is 15.9 Å². The van der Waals surface area contributed by atoms with Crippen molar-refractivity contribution < 1.29 is 26.7 Å². The zero-order chi connectivity index (χ0) is 22.9. The van der Waals surface area contributed by atoms with Gasteiger partial charge in [-0.15, -0.1) is 0 Å². The van der Waals surface area contributed by atoms with Gasteiger partial charge < -0.3 is 10.1 Å². The van der Waals surface area contributed by atoms with E-state index in [-0.39, 0.29) is 33.5 Å². The van der Waals surface area contributed by atoms with Crippen LogP contribution < -0.4 is 14.4 Å². The maximum atomic E-state index is 13.3. The summed E-state index contributed by atoms with van der Waals surface area (Å²) >= 11 is 6.19. The second-order valence-electron chi connectivity index (χ2n) is 6.93. The summed E-state index contributed by atoms with van der Waals surface area (Å²) in [7, 11) is -4.04. The molecule has 0 aromatic heterocycles. The molecule has 3 aromatic rings. The molecule has 1 aliphatic heterocycles. The van der Waals surface area contributed by atoms with Gasteiger partial charge in [0.05, 0.1) is 16.4 Å². The topological polar surface area (TPSA) is 75.7 Å². The van der Waals surface area contributed by atoms with E-state index in [1.54, 1.807) is 12.1 Å². The number of hydrogen-bond donors (Lipinski definition) is 1. The summed E-state index contributed by atoms with van der Waals surface area (Å²) in [5, 5.41) is 2.43. The van der Waals surface area contributed by atoms with Crippen LogP contribution in [0.15, 0.2) is 71.6 Å². The Kier molecular flexibility index (Phi) is 6.03. The first-order valence-corrected chi connectivity index (χ1v) is 11.3. The predicted octanol–water partition coefficient (Wildman–Crippen LogP) is 4.95. The van der Waals surface area contributed by atoms with Gasteiger partial charge in [-0.1, -0.05) is 41.9 Å². The molecule has 0 atom stereocenters. The lowest BCUT2D eigenvalue weighted by molar-refractivity contribution is -0.0493. The van der Waals surface area contributed by atoms with E-state index in [1.165, 1.54) is 46.8 Å². The van der Waals surface area contributed by atoms with E-state index in [2.05, 4.69) is 10.1 Å².